The molecule has 0 amide bonds. The molecule has 0 bridgehead atoms. The Kier molecular flexibility index (Phi) is 2.64. The van der Waals surface area contributed by atoms with Gasteiger partial charge in [-0.2, -0.15) is 0 Å². The van der Waals surface area contributed by atoms with Gasteiger partial charge in [-0.1, -0.05) is 11.6 Å². The fraction of sp³-hybridized carbons (Fsp3) is 0.278. The van der Waals surface area contributed by atoms with Crippen LogP contribution in [0.3, 0.4) is 0 Å². The second-order valence-electron chi connectivity index (χ2n) is 6.36. The Hall–Kier alpha value is -2.00. The number of halogens is 1. The van der Waals surface area contributed by atoms with E-state index in [4.69, 9.17) is 16.3 Å². The van der Waals surface area contributed by atoms with Crippen LogP contribution in [0.1, 0.15) is 25.1 Å². The number of ether oxygens (including phenoxy) is 1. The molecule has 3 heterocycles. The molecule has 1 unspecified atom stereocenters. The largest absolute Gasteiger partial charge is 0.461 e. The van der Waals surface area contributed by atoms with E-state index in [0.29, 0.717) is 0 Å². The Morgan fingerprint density at radius 1 is 1.23 bits per heavy atom. The van der Waals surface area contributed by atoms with Crippen molar-refractivity contribution in [1.29, 1.82) is 0 Å². The predicted octanol–water partition coefficient (Wildman–Crippen LogP) is 4.26. The Morgan fingerprint density at radius 2 is 2.05 bits per heavy atom. The number of likely N-dealkylation sites (N-methyl/N-ethyl adjacent to an activating group) is 1. The van der Waals surface area contributed by atoms with Gasteiger partial charge in [0.05, 0.1) is 5.41 Å². The fourth-order valence-electron chi connectivity index (χ4n) is 3.62. The molecule has 0 radical (unpaired) electrons. The van der Waals surface area contributed by atoms with Gasteiger partial charge < -0.3 is 9.64 Å². The van der Waals surface area contributed by atoms with E-state index >= 15 is 0 Å². The third-order valence-corrected chi connectivity index (χ3v) is 5.15. The molecular formula is C18H17ClN2O. The molecule has 4 rings (SSSR count). The number of pyridine rings is 1. The lowest BCUT2D eigenvalue weighted by atomic mass is 9.76. The van der Waals surface area contributed by atoms with E-state index in [2.05, 4.69) is 42.9 Å². The fourth-order valence-corrected chi connectivity index (χ4v) is 3.79. The van der Waals surface area contributed by atoms with Crippen molar-refractivity contribution < 1.29 is 4.74 Å². The molecule has 0 fully saturated rings. The smallest absolute Gasteiger partial charge is 0.211 e. The van der Waals surface area contributed by atoms with Crippen LogP contribution in [0.4, 0.5) is 5.69 Å². The lowest BCUT2D eigenvalue weighted by Crippen LogP contribution is -2.58. The average molecular weight is 313 g/mol. The number of nitrogens with zero attached hydrogens (tertiary/aromatic N) is 2. The van der Waals surface area contributed by atoms with Gasteiger partial charge in [0.15, 0.2) is 0 Å². The third kappa shape index (κ3) is 1.55. The van der Waals surface area contributed by atoms with Crippen molar-refractivity contribution in [2.45, 2.75) is 25.0 Å². The molecule has 1 atom stereocenters. The normalized spacial score (nSPS) is 24.1. The van der Waals surface area contributed by atoms with Gasteiger partial charge >= 0.3 is 0 Å². The highest BCUT2D eigenvalue weighted by molar-refractivity contribution is 6.30. The minimum Gasteiger partial charge on any atom is -0.461 e. The van der Waals surface area contributed by atoms with Gasteiger partial charge in [-0.25, -0.2) is 0 Å². The first kappa shape index (κ1) is 13.6. The summed E-state index contributed by atoms with van der Waals surface area (Å²) in [4.78, 5) is 6.54. The summed E-state index contributed by atoms with van der Waals surface area (Å²) < 4.78 is 6.46. The van der Waals surface area contributed by atoms with Crippen LogP contribution in [0.25, 0.3) is 6.08 Å². The molecule has 0 N–H and O–H groups in total. The van der Waals surface area contributed by atoms with Crippen molar-refractivity contribution >= 4 is 23.4 Å². The van der Waals surface area contributed by atoms with Crippen molar-refractivity contribution in [3.05, 3.63) is 58.9 Å². The molecule has 112 valence electrons. The van der Waals surface area contributed by atoms with Crippen LogP contribution in [-0.2, 0) is 5.41 Å². The third-order valence-electron chi connectivity index (χ3n) is 4.92. The van der Waals surface area contributed by atoms with Gasteiger partial charge in [-0.05, 0) is 61.9 Å². The minimum atomic E-state index is -0.573. The van der Waals surface area contributed by atoms with Crippen molar-refractivity contribution in [3.8, 4) is 5.75 Å². The molecule has 4 heteroatoms. The Balaban J connectivity index is 1.91. The number of aromatic nitrogens is 1. The van der Waals surface area contributed by atoms with Gasteiger partial charge in [0.2, 0.25) is 5.72 Å². The van der Waals surface area contributed by atoms with Crippen LogP contribution >= 0.6 is 11.6 Å². The number of hydrogen-bond donors (Lipinski definition) is 0. The van der Waals surface area contributed by atoms with E-state index < -0.39 is 5.72 Å². The second kappa shape index (κ2) is 4.26. The highest BCUT2D eigenvalue weighted by Gasteiger charge is 2.57. The standard InChI is InChI=1S/C18H17ClN2O/c1-17(2)13-11-12(19)6-7-15(13)21(3)18(17)9-8-14-16(22-18)5-4-10-20-14/h4-11H,1-3H3. The SMILES string of the molecule is CN1c2ccc(Cl)cc2C(C)(C)C12C=Cc1ncccc1O2. The summed E-state index contributed by atoms with van der Waals surface area (Å²) in [5, 5.41) is 0.749. The van der Waals surface area contributed by atoms with Gasteiger partial charge in [0, 0.05) is 24.0 Å². The molecule has 2 aliphatic heterocycles. The average Bonchev–Trinajstić information content (AvgIpc) is 2.67. The molecule has 0 saturated carbocycles. The zero-order valence-electron chi connectivity index (χ0n) is 12.8. The van der Waals surface area contributed by atoms with Crippen LogP contribution in [0.2, 0.25) is 5.02 Å². The maximum absolute atomic E-state index is 6.46. The summed E-state index contributed by atoms with van der Waals surface area (Å²) in [6, 6.07) is 9.89. The molecule has 1 aromatic heterocycles. The monoisotopic (exact) mass is 312 g/mol. The van der Waals surface area contributed by atoms with Gasteiger partial charge in [-0.15, -0.1) is 0 Å². The van der Waals surface area contributed by atoms with Crippen LogP contribution in [0, 0.1) is 0 Å². The first-order valence-corrected chi connectivity index (χ1v) is 7.71. The van der Waals surface area contributed by atoms with Crippen molar-refractivity contribution in [2.75, 3.05) is 11.9 Å². The number of fused-ring (bicyclic) bond motifs is 2. The lowest BCUT2D eigenvalue weighted by Gasteiger charge is -2.45. The summed E-state index contributed by atoms with van der Waals surface area (Å²) in [5.74, 6) is 0.809. The van der Waals surface area contributed by atoms with Crippen molar-refractivity contribution in [2.24, 2.45) is 0 Å². The summed E-state index contributed by atoms with van der Waals surface area (Å²) in [7, 11) is 2.06. The van der Waals surface area contributed by atoms with Gasteiger partial charge in [-0.3, -0.25) is 4.98 Å². The molecule has 3 nitrogen and oxygen atoms in total. The molecule has 0 saturated heterocycles. The van der Waals surface area contributed by atoms with E-state index in [0.717, 1.165) is 22.2 Å². The van der Waals surface area contributed by atoms with Crippen molar-refractivity contribution in [1.82, 2.24) is 4.98 Å². The van der Waals surface area contributed by atoms with E-state index in [1.807, 2.05) is 30.3 Å². The minimum absolute atomic E-state index is 0.244. The summed E-state index contributed by atoms with van der Waals surface area (Å²) >= 11 is 6.22. The molecule has 1 spiro atoms. The van der Waals surface area contributed by atoms with Crippen LogP contribution < -0.4 is 9.64 Å². The van der Waals surface area contributed by atoms with Gasteiger partial charge in [0.25, 0.3) is 0 Å². The highest BCUT2D eigenvalue weighted by atomic mass is 35.5. The first-order chi connectivity index (χ1) is 10.5. The predicted molar refractivity (Wildman–Crippen MR) is 89.5 cm³/mol. The quantitative estimate of drug-likeness (QED) is 0.726. The molecule has 22 heavy (non-hydrogen) atoms. The zero-order chi connectivity index (χ0) is 15.5. The summed E-state index contributed by atoms with van der Waals surface area (Å²) in [6.45, 7) is 4.38. The number of anilines is 1. The molecular weight excluding hydrogens is 296 g/mol. The number of rotatable bonds is 0. The second-order valence-corrected chi connectivity index (χ2v) is 6.80. The summed E-state index contributed by atoms with van der Waals surface area (Å²) in [5.41, 5.74) is 2.39. The Morgan fingerprint density at radius 3 is 2.86 bits per heavy atom. The Labute approximate surface area is 135 Å². The van der Waals surface area contributed by atoms with E-state index in [1.54, 1.807) is 6.20 Å². The lowest BCUT2D eigenvalue weighted by molar-refractivity contribution is 0.0576. The molecule has 1 aromatic carbocycles. The maximum atomic E-state index is 6.46. The maximum Gasteiger partial charge on any atom is 0.211 e. The van der Waals surface area contributed by atoms with Gasteiger partial charge in [0.1, 0.15) is 11.4 Å². The summed E-state index contributed by atoms with van der Waals surface area (Å²) in [6.07, 6.45) is 5.93. The zero-order valence-corrected chi connectivity index (χ0v) is 13.6. The van der Waals surface area contributed by atoms with Crippen LogP contribution in [0.5, 0.6) is 5.75 Å². The molecule has 2 aromatic rings. The molecule has 2 aliphatic rings. The van der Waals surface area contributed by atoms with E-state index in [1.165, 1.54) is 5.56 Å². The Bertz CT molecular complexity index is 799. The number of hydrogen-bond acceptors (Lipinski definition) is 3. The highest BCUT2D eigenvalue weighted by Crippen LogP contribution is 2.54. The van der Waals surface area contributed by atoms with Crippen LogP contribution in [0.15, 0.2) is 42.6 Å². The number of benzene rings is 1. The topological polar surface area (TPSA) is 25.4 Å². The van der Waals surface area contributed by atoms with Crippen LogP contribution in [-0.4, -0.2) is 17.8 Å². The van der Waals surface area contributed by atoms with E-state index in [-0.39, 0.29) is 5.41 Å². The first-order valence-electron chi connectivity index (χ1n) is 7.33. The van der Waals surface area contributed by atoms with E-state index in [9.17, 15) is 0 Å². The van der Waals surface area contributed by atoms with Crippen molar-refractivity contribution in [3.63, 3.8) is 0 Å². The molecule has 0 aliphatic carbocycles.